The maximum absolute atomic E-state index is 12.8. The molecule has 3 saturated carbocycles. The van der Waals surface area contributed by atoms with Crippen LogP contribution in [0.5, 0.6) is 0 Å². The number of hydrogen-bond donors (Lipinski definition) is 17. The zero-order valence-corrected chi connectivity index (χ0v) is 53.3. The first-order chi connectivity index (χ1) is 42.7. The van der Waals surface area contributed by atoms with Crippen LogP contribution in [0.15, 0.2) is 11.6 Å². The fourth-order valence-electron chi connectivity index (χ4n) is 17.4. The van der Waals surface area contributed by atoms with Gasteiger partial charge in [0, 0.05) is 10.8 Å². The lowest BCUT2D eigenvalue weighted by molar-refractivity contribution is -0.379. The largest absolute Gasteiger partial charge is 0.464 e. The number of aliphatic hydroxyl groups excluding tert-OH is 16. The Bertz CT molecular complexity index is 2410. The summed E-state index contributed by atoms with van der Waals surface area (Å²) in [6.45, 7) is 15.7. The van der Waals surface area contributed by atoms with Crippen molar-refractivity contribution >= 4 is 6.47 Å². The van der Waals surface area contributed by atoms with E-state index in [0.29, 0.717) is 38.6 Å². The van der Waals surface area contributed by atoms with Crippen LogP contribution in [0.3, 0.4) is 0 Å². The number of allylic oxidation sites excluding steroid dienone is 1. The first-order valence-corrected chi connectivity index (χ1v) is 32.4. The summed E-state index contributed by atoms with van der Waals surface area (Å²) in [5.74, 6) is -0.0708. The number of ether oxygens (including phenoxy) is 11. The van der Waals surface area contributed by atoms with Crippen LogP contribution in [0.1, 0.15) is 120 Å². The maximum atomic E-state index is 12.8. The molecule has 0 aromatic rings. The third-order valence-electron chi connectivity index (χ3n) is 23.3. The standard InChI is InChI=1S/C62H104O29/c1-10-29-38(66)43(71)51(79)56(84-29)91-52-47(75)42(70)33(23-82-54-49(77)45(73)40(68)31(21-64)86-54)88-57(52)90-36(59(5,6)80)15-11-25(2)26-17-18-60(7)34-14-12-27-28(62(34,9)37(83-24-65)19-61(26,60)8)13-16-35(58(27,3)4)89-55-50(78)46(74)41(69)32(87-55)22-81-53-48(76)44(72)39(67)30(20-63)85-53/h12,24-26,28-57,63-64,66-80H,10-11,13-23H2,1-9H3/t25-,26?,28?,29+,30-,31-,32-,33-,34?,35+,36-,37?,38+,39-,40-,41-,42-,43-,44+,45+,46+,47+,48-,49-,50-,51+,52-,53-,54-,55+,56-,57+,60+,61-,62+/m1/s1. The van der Waals surface area contributed by atoms with Crippen LogP contribution < -0.4 is 0 Å². The normalized spacial score (nSPS) is 50.8. The lowest BCUT2D eigenvalue weighted by Crippen LogP contribution is -2.65. The van der Waals surface area contributed by atoms with E-state index in [9.17, 15) is 91.6 Å². The summed E-state index contributed by atoms with van der Waals surface area (Å²) in [5, 5.41) is 183. The molecule has 91 heavy (non-hydrogen) atoms. The molecule has 526 valence electrons. The quantitative estimate of drug-likeness (QED) is 0.0365. The Morgan fingerprint density at radius 3 is 1.56 bits per heavy atom. The molecule has 0 radical (unpaired) electrons. The van der Waals surface area contributed by atoms with Gasteiger partial charge in [0.05, 0.1) is 50.3 Å². The fraction of sp³-hybridized carbons (Fsp3) is 0.952. The van der Waals surface area contributed by atoms with E-state index < -0.39 is 220 Å². The van der Waals surface area contributed by atoms with E-state index in [1.807, 2.05) is 13.8 Å². The SMILES string of the molecule is CC[C@@H]1O[C@H](O[C@H]2[C@H](O[C@H](CC[C@@H](C)C3CC[C@@]4(C)C5CC=C6C(CC[C@H](O[C@@H]7O[C@H](CO[C@@H]8O[C@H](CO)[C@@H](O)[C@H](O)[C@H]8O)[C@@H](O)[C@H](O)[C@H]7O)C6(C)C)[C@]5(C)C(OC=O)C[C@]34C)C(C)(C)O)O[C@H](CO[C@@H]3O[C@H](CO)[C@@H](O)[C@H](O)[C@H]3O)[C@@H](O)[C@@H]2O)[C@@H](O)[C@H](O)[C@H]1O. The Morgan fingerprint density at radius 1 is 0.571 bits per heavy atom. The van der Waals surface area contributed by atoms with Gasteiger partial charge in [-0.1, -0.05) is 60.1 Å². The van der Waals surface area contributed by atoms with Crippen LogP contribution in [0, 0.1) is 45.3 Å². The number of hydrogen-bond acceptors (Lipinski definition) is 29. The van der Waals surface area contributed by atoms with Gasteiger partial charge in [0.1, 0.15) is 122 Å². The Morgan fingerprint density at radius 2 is 1.04 bits per heavy atom. The molecule has 0 aromatic heterocycles. The number of aliphatic hydroxyl groups is 17. The molecule has 9 aliphatic rings. The smallest absolute Gasteiger partial charge is 0.293 e. The van der Waals surface area contributed by atoms with Gasteiger partial charge in [-0.05, 0) is 106 Å². The van der Waals surface area contributed by atoms with Crippen molar-refractivity contribution in [3.63, 3.8) is 0 Å². The zero-order chi connectivity index (χ0) is 66.9. The number of fused-ring (bicyclic) bond motifs is 5. The average molecular weight is 1310 g/mol. The van der Waals surface area contributed by atoms with Crippen molar-refractivity contribution in [3.8, 4) is 0 Å². The van der Waals surface area contributed by atoms with E-state index in [1.165, 1.54) is 13.8 Å². The van der Waals surface area contributed by atoms with Gasteiger partial charge in [-0.3, -0.25) is 4.79 Å². The molecule has 0 amide bonds. The molecule has 29 nitrogen and oxygen atoms in total. The molecule has 0 spiro atoms. The van der Waals surface area contributed by atoms with E-state index >= 15 is 0 Å². The summed E-state index contributed by atoms with van der Waals surface area (Å²) in [6.07, 6.45) is -35.8. The van der Waals surface area contributed by atoms with Crippen LogP contribution in [-0.4, -0.2) is 297 Å². The molecule has 17 N–H and O–H groups in total. The number of carbonyl (C=O) groups excluding carboxylic acids is 1. The minimum absolute atomic E-state index is 0.0170. The monoisotopic (exact) mass is 1310 g/mol. The predicted molar refractivity (Wildman–Crippen MR) is 308 cm³/mol. The van der Waals surface area contributed by atoms with E-state index in [1.54, 1.807) is 6.92 Å². The van der Waals surface area contributed by atoms with Gasteiger partial charge in [0.15, 0.2) is 31.5 Å². The summed E-state index contributed by atoms with van der Waals surface area (Å²) in [6, 6.07) is 0. The molecule has 8 fully saturated rings. The lowest BCUT2D eigenvalue weighted by atomic mass is 9.38. The van der Waals surface area contributed by atoms with Crippen LogP contribution in [0.25, 0.3) is 0 Å². The van der Waals surface area contributed by atoms with E-state index in [-0.39, 0.29) is 41.9 Å². The van der Waals surface area contributed by atoms with Crippen molar-refractivity contribution in [2.45, 2.75) is 298 Å². The third-order valence-corrected chi connectivity index (χ3v) is 23.3. The van der Waals surface area contributed by atoms with Gasteiger partial charge >= 0.3 is 0 Å². The molecule has 35 atom stereocenters. The molecule has 0 aromatic carbocycles. The van der Waals surface area contributed by atoms with Gasteiger partial charge in [-0.15, -0.1) is 0 Å². The molecule has 5 aliphatic heterocycles. The Balaban J connectivity index is 0.904. The highest BCUT2D eigenvalue weighted by molar-refractivity contribution is 5.40. The van der Waals surface area contributed by atoms with Crippen LogP contribution in [0.2, 0.25) is 0 Å². The molecule has 5 heterocycles. The molecule has 4 aliphatic carbocycles. The molecule has 0 bridgehead atoms. The van der Waals surface area contributed by atoms with Crippen LogP contribution in [0.4, 0.5) is 0 Å². The van der Waals surface area contributed by atoms with Crippen molar-refractivity contribution < 1.29 is 144 Å². The third kappa shape index (κ3) is 13.5. The first-order valence-electron chi connectivity index (χ1n) is 32.4. The minimum atomic E-state index is -1.91. The van der Waals surface area contributed by atoms with E-state index in [4.69, 9.17) is 52.1 Å². The van der Waals surface area contributed by atoms with Crippen molar-refractivity contribution in [3.05, 3.63) is 11.6 Å². The Hall–Kier alpha value is -1.87. The summed E-state index contributed by atoms with van der Waals surface area (Å²) in [7, 11) is 0. The summed E-state index contributed by atoms with van der Waals surface area (Å²) < 4.78 is 66.2. The predicted octanol–water partition coefficient (Wildman–Crippen LogP) is -3.81. The molecule has 9 rings (SSSR count). The van der Waals surface area contributed by atoms with Gasteiger partial charge in [0.25, 0.3) is 6.47 Å². The zero-order valence-electron chi connectivity index (χ0n) is 53.3. The highest BCUT2D eigenvalue weighted by atomic mass is 16.8. The maximum Gasteiger partial charge on any atom is 0.293 e. The van der Waals surface area contributed by atoms with Crippen LogP contribution in [-0.2, 0) is 56.9 Å². The highest BCUT2D eigenvalue weighted by Crippen LogP contribution is 2.75. The second-order valence-corrected chi connectivity index (χ2v) is 29.2. The van der Waals surface area contributed by atoms with Gasteiger partial charge in [-0.2, -0.15) is 0 Å². The Kier molecular flexibility index (Phi) is 23.0. The second-order valence-electron chi connectivity index (χ2n) is 29.2. The van der Waals surface area contributed by atoms with Crippen molar-refractivity contribution in [2.75, 3.05) is 26.4 Å². The molecular formula is C62H104O29. The molecular weight excluding hydrogens is 1210 g/mol. The molecule has 29 heteroatoms. The van der Waals surface area contributed by atoms with Gasteiger partial charge in [-0.25, -0.2) is 0 Å². The fourth-order valence-corrected chi connectivity index (χ4v) is 17.4. The van der Waals surface area contributed by atoms with Gasteiger partial charge < -0.3 is 139 Å². The minimum Gasteiger partial charge on any atom is -0.464 e. The van der Waals surface area contributed by atoms with Crippen molar-refractivity contribution in [2.24, 2.45) is 45.3 Å². The first kappa shape index (κ1) is 73.4. The lowest BCUT2D eigenvalue weighted by Gasteiger charge is -2.67. The molecule has 4 unspecified atom stereocenters. The van der Waals surface area contributed by atoms with Crippen LogP contribution >= 0.6 is 0 Å². The summed E-state index contributed by atoms with van der Waals surface area (Å²) in [5.41, 5.74) is -2.53. The second kappa shape index (κ2) is 28.5. The topological polar surface area (TPSA) is 463 Å². The number of rotatable bonds is 22. The molecule has 5 saturated heterocycles. The van der Waals surface area contributed by atoms with Crippen molar-refractivity contribution in [1.29, 1.82) is 0 Å². The Labute approximate surface area is 529 Å². The van der Waals surface area contributed by atoms with Crippen molar-refractivity contribution in [1.82, 2.24) is 0 Å². The number of carbonyl (C=O) groups is 1. The average Bonchev–Trinajstić information content (AvgIpc) is 1.66. The summed E-state index contributed by atoms with van der Waals surface area (Å²) in [4.78, 5) is 12.8. The highest BCUT2D eigenvalue weighted by Gasteiger charge is 2.71. The van der Waals surface area contributed by atoms with E-state index in [2.05, 4.69) is 33.8 Å². The van der Waals surface area contributed by atoms with E-state index in [0.717, 1.165) is 18.4 Å². The van der Waals surface area contributed by atoms with Gasteiger partial charge in [0.2, 0.25) is 0 Å². The summed E-state index contributed by atoms with van der Waals surface area (Å²) >= 11 is 0.